The van der Waals surface area contributed by atoms with E-state index in [1.807, 2.05) is 0 Å². The zero-order valence-corrected chi connectivity index (χ0v) is 20.3. The predicted molar refractivity (Wildman–Crippen MR) is 125 cm³/mol. The quantitative estimate of drug-likeness (QED) is 0.457. The van der Waals surface area contributed by atoms with Gasteiger partial charge in [-0.25, -0.2) is 0 Å². The second-order valence-electron chi connectivity index (χ2n) is 10.9. The minimum Gasteiger partial charge on any atom is -0.481 e. The number of carboxylic acids is 1. The Morgan fingerprint density at radius 2 is 1.76 bits per heavy atom. The monoisotopic (exact) mass is 463 g/mol. The standard InChI is InChI=1S/C27H36F3NO2/c1-17(2)9-14-23(18-10-12-20(13-11-18)27(28,29)30)31-16-22(26(3,4)5)21-8-6-7-19(25(21)31)15-24(32)33/h10-13,16-17,19,23H,6-9,14-15H2,1-5H3,(H,32,33)/t19?,23-/m1/s1. The summed E-state index contributed by atoms with van der Waals surface area (Å²) in [7, 11) is 0. The van der Waals surface area contributed by atoms with Crippen molar-refractivity contribution in [3.63, 3.8) is 0 Å². The van der Waals surface area contributed by atoms with E-state index in [0.717, 1.165) is 55.5 Å². The normalized spacial score (nSPS) is 17.8. The van der Waals surface area contributed by atoms with Gasteiger partial charge in [0.2, 0.25) is 0 Å². The van der Waals surface area contributed by atoms with Crippen LogP contribution in [0.5, 0.6) is 0 Å². The Balaban J connectivity index is 2.17. The van der Waals surface area contributed by atoms with E-state index < -0.39 is 17.7 Å². The van der Waals surface area contributed by atoms with E-state index >= 15 is 0 Å². The van der Waals surface area contributed by atoms with Crippen LogP contribution >= 0.6 is 0 Å². The Bertz CT molecular complexity index is 965. The van der Waals surface area contributed by atoms with Gasteiger partial charge in [-0.2, -0.15) is 13.2 Å². The number of rotatable bonds is 7. The highest BCUT2D eigenvalue weighted by atomic mass is 19.4. The molecule has 0 saturated heterocycles. The minimum atomic E-state index is -4.37. The third kappa shape index (κ3) is 5.82. The van der Waals surface area contributed by atoms with Gasteiger partial charge in [0.1, 0.15) is 0 Å². The molecule has 182 valence electrons. The molecule has 6 heteroatoms. The number of carbonyl (C=O) groups is 1. The molecule has 1 aromatic carbocycles. The molecule has 0 aliphatic heterocycles. The highest BCUT2D eigenvalue weighted by Crippen LogP contribution is 2.44. The van der Waals surface area contributed by atoms with E-state index in [2.05, 4.69) is 45.4 Å². The lowest BCUT2D eigenvalue weighted by Crippen LogP contribution is -2.21. The van der Waals surface area contributed by atoms with Gasteiger partial charge in [-0.1, -0.05) is 46.8 Å². The Labute approximate surface area is 195 Å². The van der Waals surface area contributed by atoms with E-state index in [1.165, 1.54) is 11.1 Å². The fourth-order valence-corrected chi connectivity index (χ4v) is 5.13. The SMILES string of the molecule is CC(C)CC[C@H](c1ccc(C(F)(F)F)cc1)n1cc(C(C)(C)C)c2c1C(CC(=O)O)CCC2. The van der Waals surface area contributed by atoms with Crippen molar-refractivity contribution in [2.45, 2.75) is 96.7 Å². The summed E-state index contributed by atoms with van der Waals surface area (Å²) in [5.74, 6) is -0.449. The number of halogens is 3. The maximum absolute atomic E-state index is 13.2. The van der Waals surface area contributed by atoms with E-state index in [1.54, 1.807) is 12.1 Å². The van der Waals surface area contributed by atoms with Crippen LogP contribution < -0.4 is 0 Å². The molecule has 1 heterocycles. The number of benzene rings is 1. The van der Waals surface area contributed by atoms with Crippen LogP contribution in [0.15, 0.2) is 30.5 Å². The molecule has 33 heavy (non-hydrogen) atoms. The minimum absolute atomic E-state index is 0.0739. The van der Waals surface area contributed by atoms with Gasteiger partial charge >= 0.3 is 12.1 Å². The second-order valence-corrected chi connectivity index (χ2v) is 10.9. The molecule has 0 spiro atoms. The molecule has 0 saturated carbocycles. The predicted octanol–water partition coefficient (Wildman–Crippen LogP) is 7.72. The average Bonchev–Trinajstić information content (AvgIpc) is 3.08. The first kappa shape index (κ1) is 25.4. The van der Waals surface area contributed by atoms with Crippen molar-refractivity contribution in [2.24, 2.45) is 5.92 Å². The summed E-state index contributed by atoms with van der Waals surface area (Å²) in [6, 6.07) is 5.37. The molecule has 1 unspecified atom stereocenters. The fourth-order valence-electron chi connectivity index (χ4n) is 5.13. The largest absolute Gasteiger partial charge is 0.481 e. The number of alkyl halides is 3. The fraction of sp³-hybridized carbons (Fsp3) is 0.593. The van der Waals surface area contributed by atoms with Gasteiger partial charge in [0.05, 0.1) is 18.0 Å². The van der Waals surface area contributed by atoms with Gasteiger partial charge in [-0.3, -0.25) is 4.79 Å². The number of carboxylic acid groups (broad SMARTS) is 1. The lowest BCUT2D eigenvalue weighted by Gasteiger charge is -2.30. The van der Waals surface area contributed by atoms with Crippen LogP contribution in [0, 0.1) is 5.92 Å². The lowest BCUT2D eigenvalue weighted by molar-refractivity contribution is -0.138. The average molecular weight is 464 g/mol. The maximum Gasteiger partial charge on any atom is 0.416 e. The Morgan fingerprint density at radius 3 is 2.27 bits per heavy atom. The van der Waals surface area contributed by atoms with Crippen molar-refractivity contribution >= 4 is 5.97 Å². The van der Waals surface area contributed by atoms with Crippen LogP contribution in [0.25, 0.3) is 0 Å². The van der Waals surface area contributed by atoms with E-state index in [-0.39, 0.29) is 23.8 Å². The molecule has 0 fully saturated rings. The van der Waals surface area contributed by atoms with Crippen LogP contribution in [0.1, 0.15) is 107 Å². The van der Waals surface area contributed by atoms with Crippen LogP contribution in [0.3, 0.4) is 0 Å². The van der Waals surface area contributed by atoms with Crippen molar-refractivity contribution in [3.05, 3.63) is 58.4 Å². The molecule has 3 nitrogen and oxygen atoms in total. The van der Waals surface area contributed by atoms with Crippen molar-refractivity contribution in [2.75, 3.05) is 0 Å². The number of hydrogen-bond acceptors (Lipinski definition) is 1. The molecule has 3 rings (SSSR count). The third-order valence-corrected chi connectivity index (χ3v) is 6.75. The van der Waals surface area contributed by atoms with Crippen LogP contribution in [0.2, 0.25) is 0 Å². The number of hydrogen-bond donors (Lipinski definition) is 1. The summed E-state index contributed by atoms with van der Waals surface area (Å²) in [5, 5.41) is 9.57. The van der Waals surface area contributed by atoms with Crippen LogP contribution in [-0.4, -0.2) is 15.6 Å². The van der Waals surface area contributed by atoms with Gasteiger partial charge < -0.3 is 9.67 Å². The molecule has 1 aliphatic rings. The van der Waals surface area contributed by atoms with Gasteiger partial charge in [-0.05, 0) is 72.3 Å². The van der Waals surface area contributed by atoms with Gasteiger partial charge in [0, 0.05) is 17.8 Å². The van der Waals surface area contributed by atoms with E-state index in [9.17, 15) is 23.1 Å². The van der Waals surface area contributed by atoms with Gasteiger partial charge in [0.25, 0.3) is 0 Å². The Kier molecular flexibility index (Phi) is 7.35. The van der Waals surface area contributed by atoms with E-state index in [0.29, 0.717) is 5.92 Å². The highest BCUT2D eigenvalue weighted by Gasteiger charge is 2.35. The molecule has 1 N–H and O–H groups in total. The summed E-state index contributed by atoms with van der Waals surface area (Å²) < 4.78 is 41.7. The molecular formula is C27H36F3NO2. The summed E-state index contributed by atoms with van der Waals surface area (Å²) in [5.41, 5.74) is 3.60. The van der Waals surface area contributed by atoms with Crippen molar-refractivity contribution in [1.82, 2.24) is 4.57 Å². The first-order valence-corrected chi connectivity index (χ1v) is 11.9. The zero-order valence-electron chi connectivity index (χ0n) is 20.3. The molecule has 0 amide bonds. The third-order valence-electron chi connectivity index (χ3n) is 6.75. The summed E-state index contributed by atoms with van der Waals surface area (Å²) in [6.07, 6.45) is 2.25. The number of nitrogens with zero attached hydrogens (tertiary/aromatic N) is 1. The second kappa shape index (κ2) is 9.55. The Morgan fingerprint density at radius 1 is 1.12 bits per heavy atom. The van der Waals surface area contributed by atoms with E-state index in [4.69, 9.17) is 0 Å². The van der Waals surface area contributed by atoms with Crippen molar-refractivity contribution in [3.8, 4) is 0 Å². The number of aromatic nitrogens is 1. The molecule has 2 aromatic rings. The number of fused-ring (bicyclic) bond motifs is 1. The smallest absolute Gasteiger partial charge is 0.416 e. The van der Waals surface area contributed by atoms with Crippen molar-refractivity contribution < 1.29 is 23.1 Å². The molecular weight excluding hydrogens is 427 g/mol. The molecule has 0 radical (unpaired) electrons. The zero-order chi connectivity index (χ0) is 24.6. The lowest BCUT2D eigenvalue weighted by atomic mass is 9.78. The van der Waals surface area contributed by atoms with Crippen molar-refractivity contribution in [1.29, 1.82) is 0 Å². The van der Waals surface area contributed by atoms with Gasteiger partial charge in [0.15, 0.2) is 0 Å². The maximum atomic E-state index is 13.2. The van der Waals surface area contributed by atoms with Crippen LogP contribution in [-0.2, 0) is 22.8 Å². The molecule has 0 bridgehead atoms. The first-order chi connectivity index (χ1) is 15.3. The Hall–Kier alpha value is -2.24. The highest BCUT2D eigenvalue weighted by molar-refractivity contribution is 5.68. The summed E-state index contributed by atoms with van der Waals surface area (Å²) >= 11 is 0. The number of aliphatic carboxylic acids is 1. The van der Waals surface area contributed by atoms with Gasteiger partial charge in [-0.15, -0.1) is 0 Å². The summed E-state index contributed by atoms with van der Waals surface area (Å²) in [6.45, 7) is 10.8. The first-order valence-electron chi connectivity index (χ1n) is 11.9. The molecule has 2 atom stereocenters. The van der Waals surface area contributed by atoms with Crippen LogP contribution in [0.4, 0.5) is 13.2 Å². The topological polar surface area (TPSA) is 42.2 Å². The molecule has 1 aliphatic carbocycles. The summed E-state index contributed by atoms with van der Waals surface area (Å²) in [4.78, 5) is 11.7. The molecule has 1 aromatic heterocycles.